The third-order valence-electron chi connectivity index (χ3n) is 2.07. The van der Waals surface area contributed by atoms with E-state index in [0.717, 1.165) is 19.4 Å². The van der Waals surface area contributed by atoms with Crippen molar-refractivity contribution in [3.63, 3.8) is 0 Å². The minimum atomic E-state index is 0.107. The smallest absolute Gasteiger partial charge is 0.150 e. The Bertz CT molecular complexity index is 253. The van der Waals surface area contributed by atoms with E-state index in [9.17, 15) is 0 Å². The number of aromatic nitrogens is 2. The topological polar surface area (TPSA) is 53.1 Å². The molecule has 0 saturated carbocycles. The maximum absolute atomic E-state index is 5.55. The quantitative estimate of drug-likeness (QED) is 0.683. The fourth-order valence-corrected chi connectivity index (χ4v) is 1.44. The summed E-state index contributed by atoms with van der Waals surface area (Å²) in [5.74, 6) is 0. The lowest BCUT2D eigenvalue weighted by atomic mass is 10.2. The van der Waals surface area contributed by atoms with Crippen LogP contribution in [0, 0.1) is 0 Å². The molecule has 0 amide bonds. The normalized spacial score (nSPS) is 24.2. The Morgan fingerprint density at radius 2 is 2.50 bits per heavy atom. The summed E-state index contributed by atoms with van der Waals surface area (Å²) in [5, 5.41) is 4.11. The molecule has 1 saturated heterocycles. The van der Waals surface area contributed by atoms with Crippen LogP contribution in [-0.4, -0.2) is 16.4 Å². The SMILES string of the molecule is Nc1cnn(C2CCCCO2)c1. The van der Waals surface area contributed by atoms with Crippen molar-refractivity contribution in [3.8, 4) is 0 Å². The van der Waals surface area contributed by atoms with Crippen molar-refractivity contribution in [2.45, 2.75) is 25.5 Å². The Hall–Kier alpha value is -1.03. The lowest BCUT2D eigenvalue weighted by Gasteiger charge is -2.22. The molecule has 12 heavy (non-hydrogen) atoms. The first-order valence-corrected chi connectivity index (χ1v) is 4.27. The first-order valence-electron chi connectivity index (χ1n) is 4.27. The van der Waals surface area contributed by atoms with Crippen molar-refractivity contribution in [2.75, 3.05) is 12.3 Å². The number of nitrogens with zero attached hydrogens (tertiary/aromatic N) is 2. The van der Waals surface area contributed by atoms with Crippen molar-refractivity contribution < 1.29 is 4.74 Å². The van der Waals surface area contributed by atoms with Crippen molar-refractivity contribution in [3.05, 3.63) is 12.4 Å². The van der Waals surface area contributed by atoms with Gasteiger partial charge in [-0.2, -0.15) is 5.10 Å². The number of nitrogen functional groups attached to an aromatic ring is 1. The van der Waals surface area contributed by atoms with Crippen LogP contribution in [0.4, 0.5) is 5.69 Å². The van der Waals surface area contributed by atoms with Crippen LogP contribution in [-0.2, 0) is 4.74 Å². The maximum atomic E-state index is 5.55. The van der Waals surface area contributed by atoms with E-state index < -0.39 is 0 Å². The van der Waals surface area contributed by atoms with Gasteiger partial charge in [-0.15, -0.1) is 0 Å². The highest BCUT2D eigenvalue weighted by molar-refractivity contribution is 5.30. The molecule has 0 bridgehead atoms. The number of rotatable bonds is 1. The predicted molar refractivity (Wildman–Crippen MR) is 45.5 cm³/mol. The zero-order valence-corrected chi connectivity index (χ0v) is 6.94. The van der Waals surface area contributed by atoms with Crippen molar-refractivity contribution in [1.29, 1.82) is 0 Å². The first kappa shape index (κ1) is 7.61. The van der Waals surface area contributed by atoms with Crippen LogP contribution in [0.2, 0.25) is 0 Å². The zero-order chi connectivity index (χ0) is 8.39. The summed E-state index contributed by atoms with van der Waals surface area (Å²) >= 11 is 0. The second-order valence-corrected chi connectivity index (χ2v) is 3.07. The molecule has 66 valence electrons. The second kappa shape index (κ2) is 3.15. The first-order chi connectivity index (χ1) is 5.86. The van der Waals surface area contributed by atoms with Gasteiger partial charge in [0.2, 0.25) is 0 Å². The molecular formula is C8H13N3O. The van der Waals surface area contributed by atoms with Gasteiger partial charge in [0, 0.05) is 6.61 Å². The van der Waals surface area contributed by atoms with Gasteiger partial charge < -0.3 is 10.5 Å². The molecule has 1 aromatic rings. The van der Waals surface area contributed by atoms with Crippen molar-refractivity contribution in [2.24, 2.45) is 0 Å². The fraction of sp³-hybridized carbons (Fsp3) is 0.625. The number of hydrogen-bond acceptors (Lipinski definition) is 3. The number of nitrogens with two attached hydrogens (primary N) is 1. The van der Waals surface area contributed by atoms with E-state index in [-0.39, 0.29) is 6.23 Å². The second-order valence-electron chi connectivity index (χ2n) is 3.07. The standard InChI is InChI=1S/C8H13N3O/c9-7-5-10-11(6-7)8-3-1-2-4-12-8/h5-6,8H,1-4,9H2. The molecule has 1 fully saturated rings. The van der Waals surface area contributed by atoms with Crippen LogP contribution >= 0.6 is 0 Å². The van der Waals surface area contributed by atoms with E-state index in [1.807, 2.05) is 6.20 Å². The van der Waals surface area contributed by atoms with Crippen molar-refractivity contribution >= 4 is 5.69 Å². The summed E-state index contributed by atoms with van der Waals surface area (Å²) in [5.41, 5.74) is 6.24. The summed E-state index contributed by atoms with van der Waals surface area (Å²) in [6.07, 6.45) is 6.99. The summed E-state index contributed by atoms with van der Waals surface area (Å²) < 4.78 is 7.32. The Morgan fingerprint density at radius 1 is 1.58 bits per heavy atom. The van der Waals surface area contributed by atoms with Gasteiger partial charge in [0.05, 0.1) is 18.1 Å². The molecule has 1 aromatic heterocycles. The number of anilines is 1. The molecule has 0 spiro atoms. The van der Waals surface area contributed by atoms with Gasteiger partial charge in [-0.05, 0) is 19.3 Å². The summed E-state index contributed by atoms with van der Waals surface area (Å²) in [6, 6.07) is 0. The molecular weight excluding hydrogens is 154 g/mol. The lowest BCUT2D eigenvalue weighted by Crippen LogP contribution is -2.18. The van der Waals surface area contributed by atoms with E-state index in [2.05, 4.69) is 5.10 Å². The highest BCUT2D eigenvalue weighted by Crippen LogP contribution is 2.21. The van der Waals surface area contributed by atoms with E-state index in [4.69, 9.17) is 10.5 Å². The largest absolute Gasteiger partial charge is 0.396 e. The monoisotopic (exact) mass is 167 g/mol. The van der Waals surface area contributed by atoms with Crippen LogP contribution in [0.5, 0.6) is 0 Å². The minimum Gasteiger partial charge on any atom is -0.396 e. The van der Waals surface area contributed by atoms with Crippen LogP contribution in [0.1, 0.15) is 25.5 Å². The number of hydrogen-bond donors (Lipinski definition) is 1. The summed E-state index contributed by atoms with van der Waals surface area (Å²) in [7, 11) is 0. The Morgan fingerprint density at radius 3 is 3.08 bits per heavy atom. The summed E-state index contributed by atoms with van der Waals surface area (Å²) in [6.45, 7) is 0.838. The Balaban J connectivity index is 2.08. The van der Waals surface area contributed by atoms with Crippen molar-refractivity contribution in [1.82, 2.24) is 9.78 Å². The molecule has 0 radical (unpaired) electrons. The van der Waals surface area contributed by atoms with E-state index in [1.165, 1.54) is 6.42 Å². The van der Waals surface area contributed by atoms with Gasteiger partial charge >= 0.3 is 0 Å². The van der Waals surface area contributed by atoms with E-state index >= 15 is 0 Å². The average molecular weight is 167 g/mol. The molecule has 1 aliphatic heterocycles. The molecule has 2 N–H and O–H groups in total. The Kier molecular flexibility index (Phi) is 1.99. The van der Waals surface area contributed by atoms with Gasteiger partial charge in [0.1, 0.15) is 6.23 Å². The van der Waals surface area contributed by atoms with Crippen LogP contribution < -0.4 is 5.73 Å². The number of ether oxygens (including phenoxy) is 1. The molecule has 1 atom stereocenters. The Labute approximate surface area is 71.3 Å². The minimum absolute atomic E-state index is 0.107. The molecule has 4 nitrogen and oxygen atoms in total. The van der Waals surface area contributed by atoms with Crippen LogP contribution in [0.25, 0.3) is 0 Å². The van der Waals surface area contributed by atoms with Crippen LogP contribution in [0.3, 0.4) is 0 Å². The highest BCUT2D eigenvalue weighted by Gasteiger charge is 2.15. The average Bonchev–Trinajstić information content (AvgIpc) is 2.54. The molecule has 1 unspecified atom stereocenters. The zero-order valence-electron chi connectivity index (χ0n) is 6.94. The molecule has 2 rings (SSSR count). The highest BCUT2D eigenvalue weighted by atomic mass is 16.5. The molecule has 0 aromatic carbocycles. The van der Waals surface area contributed by atoms with Gasteiger partial charge in [0.15, 0.2) is 0 Å². The van der Waals surface area contributed by atoms with Gasteiger partial charge in [-0.3, -0.25) is 0 Å². The van der Waals surface area contributed by atoms with Gasteiger partial charge in [-0.25, -0.2) is 4.68 Å². The molecule has 1 aliphatic rings. The summed E-state index contributed by atoms with van der Waals surface area (Å²) in [4.78, 5) is 0. The van der Waals surface area contributed by atoms with Crippen LogP contribution in [0.15, 0.2) is 12.4 Å². The fourth-order valence-electron chi connectivity index (χ4n) is 1.44. The molecule has 2 heterocycles. The third-order valence-corrected chi connectivity index (χ3v) is 2.07. The van der Waals surface area contributed by atoms with E-state index in [1.54, 1.807) is 10.9 Å². The third kappa shape index (κ3) is 1.43. The van der Waals surface area contributed by atoms with E-state index in [0.29, 0.717) is 5.69 Å². The van der Waals surface area contributed by atoms with Gasteiger partial charge in [0.25, 0.3) is 0 Å². The van der Waals surface area contributed by atoms with Gasteiger partial charge in [-0.1, -0.05) is 0 Å². The molecule has 4 heteroatoms. The maximum Gasteiger partial charge on any atom is 0.150 e. The predicted octanol–water partition coefficient (Wildman–Crippen LogP) is 1.16. The lowest BCUT2D eigenvalue weighted by molar-refractivity contribution is -0.0394. The molecule has 0 aliphatic carbocycles.